The Balaban J connectivity index is 2.05. The van der Waals surface area contributed by atoms with Gasteiger partial charge in [-0.3, -0.25) is 0 Å². The van der Waals surface area contributed by atoms with Crippen LogP contribution in [0, 0.1) is 13.8 Å². The quantitative estimate of drug-likeness (QED) is 0.913. The second-order valence-corrected chi connectivity index (χ2v) is 5.01. The molecule has 1 aromatic heterocycles. The number of hydrogen-bond donors (Lipinski definition) is 1. The number of nitrogens with two attached hydrogens (primary N) is 1. The van der Waals surface area contributed by atoms with Gasteiger partial charge < -0.3 is 10.6 Å². The Bertz CT molecular complexity index is 564. The summed E-state index contributed by atoms with van der Waals surface area (Å²) in [6, 6.07) is 10.5. The van der Waals surface area contributed by atoms with Crippen LogP contribution < -0.4 is 10.6 Å². The molecule has 0 saturated heterocycles. The molecular formula is C16H21N3. The van der Waals surface area contributed by atoms with Gasteiger partial charge >= 0.3 is 0 Å². The first-order chi connectivity index (χ1) is 9.08. The maximum atomic E-state index is 5.73. The normalized spacial score (nSPS) is 10.5. The zero-order valence-electron chi connectivity index (χ0n) is 11.9. The van der Waals surface area contributed by atoms with E-state index in [1.165, 1.54) is 11.1 Å². The van der Waals surface area contributed by atoms with E-state index >= 15 is 0 Å². The van der Waals surface area contributed by atoms with Crippen molar-refractivity contribution < 1.29 is 0 Å². The van der Waals surface area contributed by atoms with Crippen molar-refractivity contribution in [2.24, 2.45) is 0 Å². The van der Waals surface area contributed by atoms with Crippen molar-refractivity contribution in [3.8, 4) is 0 Å². The third kappa shape index (κ3) is 3.25. The fourth-order valence-corrected chi connectivity index (χ4v) is 2.27. The van der Waals surface area contributed by atoms with E-state index in [0.717, 1.165) is 24.3 Å². The molecule has 3 heteroatoms. The number of aryl methyl sites for hydroxylation is 2. The van der Waals surface area contributed by atoms with Crippen LogP contribution in [0.2, 0.25) is 0 Å². The molecule has 0 bridgehead atoms. The molecule has 2 aromatic rings. The summed E-state index contributed by atoms with van der Waals surface area (Å²) in [6.45, 7) is 5.15. The maximum Gasteiger partial charge on any atom is 0.131 e. The zero-order valence-corrected chi connectivity index (χ0v) is 11.9. The van der Waals surface area contributed by atoms with Crippen LogP contribution in [0.4, 0.5) is 11.5 Å². The highest BCUT2D eigenvalue weighted by Gasteiger charge is 2.07. The van der Waals surface area contributed by atoms with Gasteiger partial charge in [-0.2, -0.15) is 0 Å². The van der Waals surface area contributed by atoms with Gasteiger partial charge in [0.1, 0.15) is 5.82 Å². The molecule has 2 rings (SSSR count). The van der Waals surface area contributed by atoms with Gasteiger partial charge in [0, 0.05) is 13.6 Å². The number of likely N-dealkylation sites (N-methyl/N-ethyl adjacent to an activating group) is 1. The second-order valence-electron chi connectivity index (χ2n) is 5.01. The summed E-state index contributed by atoms with van der Waals surface area (Å²) in [4.78, 5) is 6.60. The van der Waals surface area contributed by atoms with Gasteiger partial charge in [-0.05, 0) is 43.0 Å². The van der Waals surface area contributed by atoms with Crippen molar-refractivity contribution in [1.29, 1.82) is 0 Å². The molecule has 0 radical (unpaired) electrons. The van der Waals surface area contributed by atoms with Crippen LogP contribution >= 0.6 is 0 Å². The largest absolute Gasteiger partial charge is 0.397 e. The summed E-state index contributed by atoms with van der Waals surface area (Å²) in [6.07, 6.45) is 2.74. The molecule has 0 saturated carbocycles. The fourth-order valence-electron chi connectivity index (χ4n) is 2.27. The summed E-state index contributed by atoms with van der Waals surface area (Å²) in [7, 11) is 2.07. The van der Waals surface area contributed by atoms with E-state index < -0.39 is 0 Å². The van der Waals surface area contributed by atoms with Crippen LogP contribution in [0.1, 0.15) is 16.7 Å². The Morgan fingerprint density at radius 2 is 1.89 bits per heavy atom. The molecule has 1 heterocycles. The Kier molecular flexibility index (Phi) is 4.05. The average Bonchev–Trinajstić information content (AvgIpc) is 2.37. The number of hydrogen-bond acceptors (Lipinski definition) is 3. The Hall–Kier alpha value is -2.03. The SMILES string of the molecule is Cc1ccccc1CCN(C)c1ncc(N)cc1C. The van der Waals surface area contributed by atoms with Crippen LogP contribution in [0.3, 0.4) is 0 Å². The van der Waals surface area contributed by atoms with E-state index in [0.29, 0.717) is 5.69 Å². The minimum Gasteiger partial charge on any atom is -0.397 e. The predicted molar refractivity (Wildman–Crippen MR) is 81.5 cm³/mol. The lowest BCUT2D eigenvalue weighted by Crippen LogP contribution is -2.22. The lowest BCUT2D eigenvalue weighted by molar-refractivity contribution is 0.851. The molecular weight excluding hydrogens is 234 g/mol. The van der Waals surface area contributed by atoms with Crippen molar-refractivity contribution in [3.05, 3.63) is 53.2 Å². The molecule has 0 aliphatic rings. The molecule has 100 valence electrons. The highest BCUT2D eigenvalue weighted by Crippen LogP contribution is 2.18. The summed E-state index contributed by atoms with van der Waals surface area (Å²) < 4.78 is 0. The van der Waals surface area contributed by atoms with Crippen molar-refractivity contribution in [2.75, 3.05) is 24.2 Å². The van der Waals surface area contributed by atoms with Gasteiger partial charge in [0.2, 0.25) is 0 Å². The van der Waals surface area contributed by atoms with E-state index in [1.807, 2.05) is 13.0 Å². The summed E-state index contributed by atoms with van der Waals surface area (Å²) in [5.74, 6) is 1.00. The van der Waals surface area contributed by atoms with Crippen molar-refractivity contribution >= 4 is 11.5 Å². The minimum atomic E-state index is 0.716. The monoisotopic (exact) mass is 255 g/mol. The van der Waals surface area contributed by atoms with Gasteiger partial charge in [-0.1, -0.05) is 24.3 Å². The van der Waals surface area contributed by atoms with Crippen molar-refractivity contribution in [3.63, 3.8) is 0 Å². The van der Waals surface area contributed by atoms with Crippen LogP contribution in [0.15, 0.2) is 36.5 Å². The fraction of sp³-hybridized carbons (Fsp3) is 0.312. The lowest BCUT2D eigenvalue weighted by Gasteiger charge is -2.20. The molecule has 0 fully saturated rings. The van der Waals surface area contributed by atoms with Gasteiger partial charge in [0.05, 0.1) is 11.9 Å². The van der Waals surface area contributed by atoms with Crippen LogP contribution in [0.5, 0.6) is 0 Å². The van der Waals surface area contributed by atoms with E-state index in [4.69, 9.17) is 5.73 Å². The Morgan fingerprint density at radius 1 is 1.16 bits per heavy atom. The number of benzene rings is 1. The van der Waals surface area contributed by atoms with Crippen LogP contribution in [-0.4, -0.2) is 18.6 Å². The lowest BCUT2D eigenvalue weighted by atomic mass is 10.1. The molecule has 1 aromatic carbocycles. The highest BCUT2D eigenvalue weighted by molar-refractivity contribution is 5.52. The first-order valence-electron chi connectivity index (χ1n) is 6.55. The molecule has 0 atom stereocenters. The van der Waals surface area contributed by atoms with Gasteiger partial charge in [-0.15, -0.1) is 0 Å². The third-order valence-electron chi connectivity index (χ3n) is 3.41. The molecule has 19 heavy (non-hydrogen) atoms. The van der Waals surface area contributed by atoms with E-state index in [-0.39, 0.29) is 0 Å². The summed E-state index contributed by atoms with van der Waals surface area (Å²) in [5.41, 5.74) is 10.3. The summed E-state index contributed by atoms with van der Waals surface area (Å²) >= 11 is 0. The molecule has 0 aliphatic carbocycles. The molecule has 0 unspecified atom stereocenters. The number of anilines is 2. The Morgan fingerprint density at radius 3 is 2.58 bits per heavy atom. The molecule has 0 spiro atoms. The number of rotatable bonds is 4. The first-order valence-corrected chi connectivity index (χ1v) is 6.55. The van der Waals surface area contributed by atoms with E-state index in [9.17, 15) is 0 Å². The number of nitrogens with zero attached hydrogens (tertiary/aromatic N) is 2. The summed E-state index contributed by atoms with van der Waals surface area (Å²) in [5, 5.41) is 0. The van der Waals surface area contributed by atoms with E-state index in [1.54, 1.807) is 6.20 Å². The number of nitrogen functional groups attached to an aromatic ring is 1. The zero-order chi connectivity index (χ0) is 13.8. The molecule has 2 N–H and O–H groups in total. The topological polar surface area (TPSA) is 42.2 Å². The number of pyridine rings is 1. The van der Waals surface area contributed by atoms with E-state index in [2.05, 4.69) is 48.1 Å². The smallest absolute Gasteiger partial charge is 0.131 e. The maximum absolute atomic E-state index is 5.73. The first kappa shape index (κ1) is 13.4. The minimum absolute atomic E-state index is 0.716. The van der Waals surface area contributed by atoms with Gasteiger partial charge in [0.15, 0.2) is 0 Å². The number of aromatic nitrogens is 1. The molecule has 3 nitrogen and oxygen atoms in total. The standard InChI is InChI=1S/C16H21N3/c1-12-6-4-5-7-14(12)8-9-19(3)16-13(2)10-15(17)11-18-16/h4-7,10-11H,8-9,17H2,1-3H3. The molecule has 0 amide bonds. The predicted octanol–water partition coefficient (Wildman–Crippen LogP) is 2.96. The Labute approximate surface area is 115 Å². The van der Waals surface area contributed by atoms with Crippen LogP contribution in [-0.2, 0) is 6.42 Å². The second kappa shape index (κ2) is 5.74. The highest BCUT2D eigenvalue weighted by atomic mass is 15.2. The van der Waals surface area contributed by atoms with Crippen LogP contribution in [0.25, 0.3) is 0 Å². The third-order valence-corrected chi connectivity index (χ3v) is 3.41. The average molecular weight is 255 g/mol. The van der Waals surface area contributed by atoms with Crippen molar-refractivity contribution in [2.45, 2.75) is 20.3 Å². The van der Waals surface area contributed by atoms with Gasteiger partial charge in [-0.25, -0.2) is 4.98 Å². The van der Waals surface area contributed by atoms with Crippen molar-refractivity contribution in [1.82, 2.24) is 4.98 Å². The van der Waals surface area contributed by atoms with Gasteiger partial charge in [0.25, 0.3) is 0 Å². The molecule has 0 aliphatic heterocycles.